The predicted octanol–water partition coefficient (Wildman–Crippen LogP) is 4.05. The molecule has 0 amide bonds. The monoisotopic (exact) mass is 315 g/mol. The van der Waals surface area contributed by atoms with Gasteiger partial charge in [0.2, 0.25) is 0 Å². The lowest BCUT2D eigenvalue weighted by Crippen LogP contribution is -2.01. The van der Waals surface area contributed by atoms with Gasteiger partial charge in [0.25, 0.3) is 0 Å². The van der Waals surface area contributed by atoms with Gasteiger partial charge in [-0.25, -0.2) is 0 Å². The predicted molar refractivity (Wildman–Crippen MR) is 78.0 cm³/mol. The van der Waals surface area contributed by atoms with E-state index in [1.165, 1.54) is 0 Å². The number of fused-ring (bicyclic) bond motifs is 2. The Hall–Kier alpha value is -1.70. The molecule has 4 heteroatoms. The first kappa shape index (κ1) is 11.4. The molecule has 0 aliphatic carbocycles. The molecule has 3 rings (SSSR count). The van der Waals surface area contributed by atoms with E-state index in [-0.39, 0.29) is 5.43 Å². The summed E-state index contributed by atoms with van der Waals surface area (Å²) in [5.41, 5.74) is 0.498. The SMILES string of the molecule is N#Cc1ccc2sc3ccc(Br)cc3c(=O)c2c1. The molecule has 0 unspecified atom stereocenters. The molecule has 3 aromatic rings. The minimum atomic E-state index is -0.0165. The van der Waals surface area contributed by atoms with Crippen LogP contribution >= 0.6 is 27.3 Å². The molecule has 0 N–H and O–H groups in total. The first-order chi connectivity index (χ1) is 8.69. The first-order valence-electron chi connectivity index (χ1n) is 5.25. The van der Waals surface area contributed by atoms with Crippen molar-refractivity contribution in [1.82, 2.24) is 0 Å². The van der Waals surface area contributed by atoms with Crippen LogP contribution in [-0.4, -0.2) is 0 Å². The molecular formula is C14H6BrNOS. The van der Waals surface area contributed by atoms with Crippen LogP contribution in [0.2, 0.25) is 0 Å². The van der Waals surface area contributed by atoms with E-state index in [1.54, 1.807) is 23.5 Å². The highest BCUT2D eigenvalue weighted by atomic mass is 79.9. The molecule has 0 aliphatic heterocycles. The number of halogens is 1. The van der Waals surface area contributed by atoms with Crippen molar-refractivity contribution in [2.45, 2.75) is 0 Å². The number of benzene rings is 2. The maximum absolute atomic E-state index is 12.4. The van der Waals surface area contributed by atoms with Crippen LogP contribution in [0.15, 0.2) is 45.7 Å². The number of hydrogen-bond acceptors (Lipinski definition) is 3. The summed E-state index contributed by atoms with van der Waals surface area (Å²) in [7, 11) is 0. The number of hydrogen-bond donors (Lipinski definition) is 0. The van der Waals surface area contributed by atoms with E-state index in [2.05, 4.69) is 22.0 Å². The van der Waals surface area contributed by atoms with Crippen LogP contribution in [0.5, 0.6) is 0 Å². The van der Waals surface area contributed by atoms with Crippen molar-refractivity contribution >= 4 is 47.4 Å². The average Bonchev–Trinajstić information content (AvgIpc) is 2.40. The van der Waals surface area contributed by atoms with Crippen LogP contribution in [-0.2, 0) is 0 Å². The molecule has 0 saturated heterocycles. The van der Waals surface area contributed by atoms with Crippen molar-refractivity contribution in [1.29, 1.82) is 5.26 Å². The first-order valence-corrected chi connectivity index (χ1v) is 6.86. The van der Waals surface area contributed by atoms with Crippen molar-refractivity contribution in [3.05, 3.63) is 56.7 Å². The summed E-state index contributed by atoms with van der Waals surface area (Å²) >= 11 is 4.94. The Morgan fingerprint density at radius 1 is 1.06 bits per heavy atom. The summed E-state index contributed by atoms with van der Waals surface area (Å²) < 4.78 is 2.75. The highest BCUT2D eigenvalue weighted by Crippen LogP contribution is 2.27. The Morgan fingerprint density at radius 3 is 2.44 bits per heavy atom. The van der Waals surface area contributed by atoms with Crippen molar-refractivity contribution in [2.75, 3.05) is 0 Å². The molecule has 0 saturated carbocycles. The molecule has 2 aromatic carbocycles. The standard InChI is InChI=1S/C14H6BrNOS/c15-9-2-4-13-11(6-9)14(17)10-5-8(7-16)1-3-12(10)18-13/h1-6H. The Balaban J connectivity index is 2.54. The Labute approximate surface area is 115 Å². The summed E-state index contributed by atoms with van der Waals surface area (Å²) in [5.74, 6) is 0. The maximum atomic E-state index is 12.4. The third-order valence-corrected chi connectivity index (χ3v) is 4.40. The van der Waals surface area contributed by atoms with Gasteiger partial charge in [-0.05, 0) is 36.4 Å². The lowest BCUT2D eigenvalue weighted by atomic mass is 10.1. The van der Waals surface area contributed by atoms with Crippen LogP contribution in [0.3, 0.4) is 0 Å². The van der Waals surface area contributed by atoms with Crippen molar-refractivity contribution in [3.63, 3.8) is 0 Å². The Kier molecular flexibility index (Phi) is 2.66. The molecule has 0 atom stereocenters. The molecule has 1 aromatic heterocycles. The van der Waals surface area contributed by atoms with Crippen molar-refractivity contribution in [2.24, 2.45) is 0 Å². The van der Waals surface area contributed by atoms with E-state index in [4.69, 9.17) is 5.26 Å². The second-order valence-corrected chi connectivity index (χ2v) is 5.89. The Bertz CT molecular complexity index is 876. The summed E-state index contributed by atoms with van der Waals surface area (Å²) in [6.07, 6.45) is 0. The Morgan fingerprint density at radius 2 is 1.72 bits per heavy atom. The number of rotatable bonds is 0. The summed E-state index contributed by atoms with van der Waals surface area (Å²) in [4.78, 5) is 12.4. The van der Waals surface area contributed by atoms with Gasteiger partial charge < -0.3 is 0 Å². The van der Waals surface area contributed by atoms with Gasteiger partial charge in [-0.1, -0.05) is 15.9 Å². The second-order valence-electron chi connectivity index (χ2n) is 3.89. The van der Waals surface area contributed by atoms with Gasteiger partial charge in [0.05, 0.1) is 11.6 Å². The summed E-state index contributed by atoms with van der Waals surface area (Å²) in [6, 6.07) is 13.0. The molecular weight excluding hydrogens is 310 g/mol. The fourth-order valence-electron chi connectivity index (χ4n) is 1.90. The van der Waals surface area contributed by atoms with Gasteiger partial charge in [0, 0.05) is 24.6 Å². The van der Waals surface area contributed by atoms with Gasteiger partial charge in [-0.15, -0.1) is 11.3 Å². The average molecular weight is 316 g/mol. The van der Waals surface area contributed by atoms with Crippen LogP contribution in [0.25, 0.3) is 20.2 Å². The molecule has 0 fully saturated rings. The zero-order valence-corrected chi connectivity index (χ0v) is 11.5. The van der Waals surface area contributed by atoms with Crippen LogP contribution in [0.4, 0.5) is 0 Å². The zero-order valence-electron chi connectivity index (χ0n) is 9.11. The topological polar surface area (TPSA) is 40.9 Å². The van der Waals surface area contributed by atoms with E-state index in [0.29, 0.717) is 16.3 Å². The van der Waals surface area contributed by atoms with E-state index in [1.807, 2.05) is 24.3 Å². The normalized spacial score (nSPS) is 10.7. The molecule has 0 spiro atoms. The third-order valence-electron chi connectivity index (χ3n) is 2.76. The van der Waals surface area contributed by atoms with Gasteiger partial charge in [-0.2, -0.15) is 5.26 Å². The van der Waals surface area contributed by atoms with Crippen LogP contribution < -0.4 is 5.43 Å². The van der Waals surface area contributed by atoms with Gasteiger partial charge in [-0.3, -0.25) is 4.79 Å². The molecule has 86 valence electrons. The lowest BCUT2D eigenvalue weighted by Gasteiger charge is -2.01. The van der Waals surface area contributed by atoms with Crippen molar-refractivity contribution in [3.8, 4) is 6.07 Å². The zero-order chi connectivity index (χ0) is 12.7. The lowest BCUT2D eigenvalue weighted by molar-refractivity contribution is 1.50. The fraction of sp³-hybridized carbons (Fsp3) is 0. The summed E-state index contributed by atoms with van der Waals surface area (Å²) in [5, 5.41) is 10.2. The molecule has 2 nitrogen and oxygen atoms in total. The van der Waals surface area contributed by atoms with Crippen LogP contribution in [0, 0.1) is 11.3 Å². The quantitative estimate of drug-likeness (QED) is 0.587. The maximum Gasteiger partial charge on any atom is 0.195 e. The highest BCUT2D eigenvalue weighted by molar-refractivity contribution is 9.10. The summed E-state index contributed by atoms with van der Waals surface area (Å²) in [6.45, 7) is 0. The minimum Gasteiger partial charge on any atom is -0.289 e. The van der Waals surface area contributed by atoms with Gasteiger partial charge in [0.15, 0.2) is 5.43 Å². The van der Waals surface area contributed by atoms with E-state index in [9.17, 15) is 4.79 Å². The second kappa shape index (κ2) is 4.20. The van der Waals surface area contributed by atoms with E-state index < -0.39 is 0 Å². The highest BCUT2D eigenvalue weighted by Gasteiger charge is 2.07. The fourth-order valence-corrected chi connectivity index (χ4v) is 3.29. The van der Waals surface area contributed by atoms with Gasteiger partial charge >= 0.3 is 0 Å². The van der Waals surface area contributed by atoms with Crippen LogP contribution in [0.1, 0.15) is 5.56 Å². The number of nitriles is 1. The molecule has 0 aliphatic rings. The molecule has 1 heterocycles. The van der Waals surface area contributed by atoms with E-state index >= 15 is 0 Å². The minimum absolute atomic E-state index is 0.0165. The van der Waals surface area contributed by atoms with E-state index in [0.717, 1.165) is 13.9 Å². The molecule has 0 radical (unpaired) electrons. The molecule has 0 bridgehead atoms. The smallest absolute Gasteiger partial charge is 0.195 e. The third kappa shape index (κ3) is 1.72. The largest absolute Gasteiger partial charge is 0.289 e. The number of nitrogens with zero attached hydrogens (tertiary/aromatic N) is 1. The van der Waals surface area contributed by atoms with Gasteiger partial charge in [0.1, 0.15) is 0 Å². The van der Waals surface area contributed by atoms with Crippen molar-refractivity contribution < 1.29 is 0 Å². The molecule has 18 heavy (non-hydrogen) atoms.